The summed E-state index contributed by atoms with van der Waals surface area (Å²) in [6.07, 6.45) is 6.10. The number of ether oxygens (including phenoxy) is 1. The Labute approximate surface area is 168 Å². The second-order valence-electron chi connectivity index (χ2n) is 7.15. The number of carbonyl (C=O) groups is 3. The van der Waals surface area contributed by atoms with Crippen molar-refractivity contribution in [2.24, 2.45) is 0 Å². The molecule has 0 aliphatic carbocycles. The second-order valence-corrected chi connectivity index (χ2v) is 7.15. The Hall–Kier alpha value is -2.37. The van der Waals surface area contributed by atoms with Crippen LogP contribution in [0.4, 0.5) is 0 Å². The van der Waals surface area contributed by atoms with E-state index in [4.69, 9.17) is 4.74 Å². The number of unbranched alkanes of at least 4 members (excludes halogenated alkanes) is 3. The summed E-state index contributed by atoms with van der Waals surface area (Å²) in [6, 6.07) is 8.75. The number of hydrogen-bond donors (Lipinski definition) is 2. The fourth-order valence-corrected chi connectivity index (χ4v) is 2.98. The molecule has 0 bridgehead atoms. The Morgan fingerprint density at radius 3 is 2.21 bits per heavy atom. The molecule has 0 aliphatic rings. The minimum atomic E-state index is -0.763. The van der Waals surface area contributed by atoms with Gasteiger partial charge in [-0.15, -0.1) is 0 Å². The van der Waals surface area contributed by atoms with Crippen LogP contribution in [-0.4, -0.2) is 37.0 Å². The molecule has 0 radical (unpaired) electrons. The lowest BCUT2D eigenvalue weighted by Gasteiger charge is -2.17. The molecule has 6 heteroatoms. The molecule has 2 amide bonds. The third-order valence-electron chi connectivity index (χ3n) is 4.58. The van der Waals surface area contributed by atoms with E-state index in [0.717, 1.165) is 18.4 Å². The average molecular weight is 391 g/mol. The first-order valence-electron chi connectivity index (χ1n) is 10.2. The standard InChI is InChI=1S/C22H34N2O4/c1-4-5-6-8-11-17(2)23-20(25)14-15-21(26)24-19(22(27)28-3)16-18-12-9-7-10-13-18/h7,9-10,12-13,17,19H,4-6,8,11,14-16H2,1-3H3,(H,23,25)(H,24,26)/t17-,19-/m0/s1. The highest BCUT2D eigenvalue weighted by Crippen LogP contribution is 2.07. The molecule has 2 atom stereocenters. The van der Waals surface area contributed by atoms with Gasteiger partial charge in [-0.2, -0.15) is 0 Å². The van der Waals surface area contributed by atoms with Gasteiger partial charge in [-0.25, -0.2) is 4.79 Å². The van der Waals surface area contributed by atoms with Crippen LogP contribution in [0.15, 0.2) is 30.3 Å². The van der Waals surface area contributed by atoms with E-state index in [1.165, 1.54) is 26.4 Å². The van der Waals surface area contributed by atoms with Crippen LogP contribution in [0, 0.1) is 0 Å². The summed E-state index contributed by atoms with van der Waals surface area (Å²) >= 11 is 0. The van der Waals surface area contributed by atoms with E-state index < -0.39 is 12.0 Å². The predicted molar refractivity (Wildman–Crippen MR) is 110 cm³/mol. The molecule has 2 N–H and O–H groups in total. The van der Waals surface area contributed by atoms with Crippen LogP contribution in [0.3, 0.4) is 0 Å². The monoisotopic (exact) mass is 390 g/mol. The Morgan fingerprint density at radius 1 is 0.964 bits per heavy atom. The summed E-state index contributed by atoms with van der Waals surface area (Å²) in [5, 5.41) is 5.61. The van der Waals surface area contributed by atoms with Crippen molar-refractivity contribution in [3.63, 3.8) is 0 Å². The first kappa shape index (κ1) is 23.7. The molecule has 0 saturated carbocycles. The van der Waals surface area contributed by atoms with Crippen LogP contribution in [0.1, 0.15) is 64.4 Å². The molecule has 1 aromatic rings. The largest absolute Gasteiger partial charge is 0.467 e. The maximum Gasteiger partial charge on any atom is 0.328 e. The quantitative estimate of drug-likeness (QED) is 0.400. The zero-order valence-electron chi connectivity index (χ0n) is 17.3. The Morgan fingerprint density at radius 2 is 1.61 bits per heavy atom. The molecule has 156 valence electrons. The molecule has 0 aliphatic heterocycles. The molecule has 1 rings (SSSR count). The van der Waals surface area contributed by atoms with Crippen LogP contribution >= 0.6 is 0 Å². The molecule has 28 heavy (non-hydrogen) atoms. The van der Waals surface area contributed by atoms with Crippen molar-refractivity contribution in [1.29, 1.82) is 0 Å². The highest BCUT2D eigenvalue weighted by atomic mass is 16.5. The van der Waals surface area contributed by atoms with E-state index in [0.29, 0.717) is 6.42 Å². The molecule has 0 fully saturated rings. The fraction of sp³-hybridized carbons (Fsp3) is 0.591. The third kappa shape index (κ3) is 10.1. The average Bonchev–Trinajstić information content (AvgIpc) is 2.69. The number of nitrogens with one attached hydrogen (secondary N) is 2. The number of amides is 2. The van der Waals surface area contributed by atoms with E-state index in [-0.39, 0.29) is 30.7 Å². The zero-order valence-corrected chi connectivity index (χ0v) is 17.3. The maximum absolute atomic E-state index is 12.2. The van der Waals surface area contributed by atoms with E-state index in [9.17, 15) is 14.4 Å². The van der Waals surface area contributed by atoms with Gasteiger partial charge in [0.2, 0.25) is 11.8 Å². The van der Waals surface area contributed by atoms with Gasteiger partial charge in [-0.3, -0.25) is 9.59 Å². The summed E-state index contributed by atoms with van der Waals surface area (Å²) in [6.45, 7) is 4.15. The molecule has 6 nitrogen and oxygen atoms in total. The van der Waals surface area contributed by atoms with Crippen molar-refractivity contribution < 1.29 is 19.1 Å². The van der Waals surface area contributed by atoms with Gasteiger partial charge < -0.3 is 15.4 Å². The van der Waals surface area contributed by atoms with Crippen LogP contribution in [0.25, 0.3) is 0 Å². The minimum Gasteiger partial charge on any atom is -0.467 e. The lowest BCUT2D eigenvalue weighted by atomic mass is 10.1. The number of methoxy groups -OCH3 is 1. The van der Waals surface area contributed by atoms with E-state index >= 15 is 0 Å². The van der Waals surface area contributed by atoms with Gasteiger partial charge in [0, 0.05) is 25.3 Å². The Kier molecular flexibility index (Phi) is 11.6. The van der Waals surface area contributed by atoms with Crippen molar-refractivity contribution in [1.82, 2.24) is 10.6 Å². The van der Waals surface area contributed by atoms with Gasteiger partial charge in [-0.1, -0.05) is 62.9 Å². The van der Waals surface area contributed by atoms with Gasteiger partial charge in [0.25, 0.3) is 0 Å². The normalized spacial score (nSPS) is 12.7. The smallest absolute Gasteiger partial charge is 0.328 e. The number of hydrogen-bond acceptors (Lipinski definition) is 4. The molecule has 0 spiro atoms. The van der Waals surface area contributed by atoms with Gasteiger partial charge in [0.15, 0.2) is 0 Å². The summed E-state index contributed by atoms with van der Waals surface area (Å²) < 4.78 is 4.79. The third-order valence-corrected chi connectivity index (χ3v) is 4.58. The highest BCUT2D eigenvalue weighted by Gasteiger charge is 2.22. The van der Waals surface area contributed by atoms with Crippen molar-refractivity contribution in [3.05, 3.63) is 35.9 Å². The summed E-state index contributed by atoms with van der Waals surface area (Å²) in [5.41, 5.74) is 0.924. The number of rotatable bonds is 13. The van der Waals surface area contributed by atoms with E-state index in [1.54, 1.807) is 0 Å². The van der Waals surface area contributed by atoms with Crippen molar-refractivity contribution in [3.8, 4) is 0 Å². The molecule has 0 unspecified atom stereocenters. The Balaban J connectivity index is 2.39. The van der Waals surface area contributed by atoms with Gasteiger partial charge in [0.05, 0.1) is 7.11 Å². The van der Waals surface area contributed by atoms with E-state index in [1.807, 2.05) is 37.3 Å². The SMILES string of the molecule is CCCCCC[C@H](C)NC(=O)CCC(=O)N[C@@H](Cc1ccccc1)C(=O)OC. The van der Waals surface area contributed by atoms with Gasteiger partial charge in [0.1, 0.15) is 6.04 Å². The predicted octanol–water partition coefficient (Wildman–Crippen LogP) is 3.14. The molecular formula is C22H34N2O4. The molecule has 0 aromatic heterocycles. The fourth-order valence-electron chi connectivity index (χ4n) is 2.98. The summed E-state index contributed by atoms with van der Waals surface area (Å²) in [7, 11) is 1.29. The number of carbonyl (C=O) groups excluding carboxylic acids is 3. The van der Waals surface area contributed by atoms with Gasteiger partial charge in [-0.05, 0) is 18.9 Å². The summed E-state index contributed by atoms with van der Waals surface area (Å²) in [4.78, 5) is 36.2. The maximum atomic E-state index is 12.2. The molecular weight excluding hydrogens is 356 g/mol. The summed E-state index contributed by atoms with van der Waals surface area (Å²) in [5.74, 6) is -0.977. The topological polar surface area (TPSA) is 84.5 Å². The van der Waals surface area contributed by atoms with Crippen LogP contribution < -0.4 is 10.6 Å². The highest BCUT2D eigenvalue weighted by molar-refractivity contribution is 5.87. The van der Waals surface area contributed by atoms with Crippen LogP contribution in [0.2, 0.25) is 0 Å². The van der Waals surface area contributed by atoms with Crippen molar-refractivity contribution >= 4 is 17.8 Å². The minimum absolute atomic E-state index is 0.0384. The number of esters is 1. The van der Waals surface area contributed by atoms with Crippen molar-refractivity contribution in [2.45, 2.75) is 77.3 Å². The zero-order chi connectivity index (χ0) is 20.8. The van der Waals surface area contributed by atoms with Gasteiger partial charge >= 0.3 is 5.97 Å². The molecule has 0 heterocycles. The van der Waals surface area contributed by atoms with Crippen LogP contribution in [0.5, 0.6) is 0 Å². The first-order chi connectivity index (χ1) is 13.5. The van der Waals surface area contributed by atoms with Crippen LogP contribution in [-0.2, 0) is 25.5 Å². The molecule has 1 aromatic carbocycles. The lowest BCUT2D eigenvalue weighted by molar-refractivity contribution is -0.145. The van der Waals surface area contributed by atoms with Crippen molar-refractivity contribution in [2.75, 3.05) is 7.11 Å². The second kappa shape index (κ2) is 13.7. The Bertz CT molecular complexity index is 604. The lowest BCUT2D eigenvalue weighted by Crippen LogP contribution is -2.43. The molecule has 0 saturated heterocycles. The first-order valence-corrected chi connectivity index (χ1v) is 10.2. The number of benzene rings is 1. The van der Waals surface area contributed by atoms with E-state index in [2.05, 4.69) is 17.6 Å².